The lowest BCUT2D eigenvalue weighted by Gasteiger charge is -2.59. The van der Waals surface area contributed by atoms with Crippen LogP contribution in [0.2, 0.25) is 0 Å². The third-order valence-electron chi connectivity index (χ3n) is 30.6. The molecular weight excluding hydrogens is 1880 g/mol. The summed E-state index contributed by atoms with van der Waals surface area (Å²) in [5, 5.41) is 15.0. The van der Waals surface area contributed by atoms with Crippen molar-refractivity contribution in [2.45, 2.75) is 393 Å². The molecule has 32 nitrogen and oxygen atoms in total. The Kier molecular flexibility index (Phi) is 56.6. The number of sulfone groups is 1. The molecule has 0 atom stereocenters. The maximum absolute atomic E-state index is 11.3. The average Bonchev–Trinajstić information content (AvgIpc) is 0.743. The molecule has 864 valence electrons. The summed E-state index contributed by atoms with van der Waals surface area (Å²) in [5.74, 6) is 0.190. The first kappa shape index (κ1) is 139. The van der Waals surface area contributed by atoms with E-state index in [9.17, 15) is 40.8 Å². The molecule has 14 saturated heterocycles. The van der Waals surface area contributed by atoms with Crippen LogP contribution in [0.4, 0.5) is 0 Å². The number of carbonyl (C=O) groups excluding carboxylic acids is 4. The van der Waals surface area contributed by atoms with Gasteiger partial charge in [-0.3, -0.25) is 87.7 Å². The fraction of sp³-hybridized carbons (Fsp3) is 0.955. The summed E-state index contributed by atoms with van der Waals surface area (Å²) < 4.78 is 56.7. The van der Waals surface area contributed by atoms with Gasteiger partial charge in [0.1, 0.15) is 0 Å². The smallest absolute Gasteiger partial charge is 0.306 e. The molecule has 0 aromatic rings. The lowest BCUT2D eigenvalue weighted by molar-refractivity contribution is -0.207. The summed E-state index contributed by atoms with van der Waals surface area (Å²) in [4.78, 5) is 89.8. The van der Waals surface area contributed by atoms with Crippen LogP contribution in [0, 0.1) is 23.2 Å². The SMILES string of the molecule is CC(C)(C)N1CC(C(N)=O)C1.CC(C)(C)N1CC2(COC2)C1.CC(C)(C)N1CCC(C(=O)O)CC1.CC(C)(C)N1CCC(C(N)=O)CC1.CC(C)(C)N1CCC1.CC(C)(C)N1CCCCC1.CC(C)(C)N1CCN(S(C)(=O)=O)CC1.CC(C)(C)N1CCNC(=O)C1.CC(C)(C)N1CCNCC1.CC(C)(C)N1CCOCC1.CC(C)(C)N1CCS(=O)(=O)CC1.CN1CCN(C(C)(C)C)CC1.CN1CCN(C(C)(C)C)CC1=O. The van der Waals surface area contributed by atoms with Crippen LogP contribution in [-0.2, 0) is 53.3 Å². The minimum atomic E-state index is -2.99. The maximum atomic E-state index is 11.3. The number of primary amides is 2. The molecule has 4 amide bonds. The summed E-state index contributed by atoms with van der Waals surface area (Å²) >= 11 is 0. The molecule has 0 bridgehead atoms. The number of carboxylic acid groups (broad SMARTS) is 1. The molecule has 14 aliphatic rings. The van der Waals surface area contributed by atoms with Gasteiger partial charge in [-0.05, 0) is 374 Å². The van der Waals surface area contributed by atoms with E-state index in [4.69, 9.17) is 26.0 Å². The van der Waals surface area contributed by atoms with Crippen molar-refractivity contribution in [3.63, 3.8) is 0 Å². The van der Waals surface area contributed by atoms with Crippen LogP contribution in [0.3, 0.4) is 0 Å². The molecule has 0 aromatic heterocycles. The van der Waals surface area contributed by atoms with Gasteiger partial charge in [0.2, 0.25) is 33.7 Å². The first-order chi connectivity index (χ1) is 66.1. The van der Waals surface area contributed by atoms with Crippen LogP contribution in [0.1, 0.15) is 321 Å². The molecular formula is C112H232N20O12S2. The number of piperidine rings is 3. The second kappa shape index (κ2) is 59.6. The number of sulfonamides is 1. The van der Waals surface area contributed by atoms with Crippen LogP contribution in [0.25, 0.3) is 0 Å². The zero-order valence-corrected chi connectivity index (χ0v) is 104. The van der Waals surface area contributed by atoms with E-state index in [2.05, 4.69) is 356 Å². The van der Waals surface area contributed by atoms with Crippen LogP contribution in [0.5, 0.6) is 0 Å². The van der Waals surface area contributed by atoms with Crippen molar-refractivity contribution in [1.82, 2.24) is 88.4 Å². The number of amides is 4. The molecule has 0 aliphatic carbocycles. The van der Waals surface area contributed by atoms with Crippen molar-refractivity contribution in [3.8, 4) is 0 Å². The number of nitrogens with two attached hydrogens (primary N) is 2. The van der Waals surface area contributed by atoms with Crippen LogP contribution >= 0.6 is 0 Å². The quantitative estimate of drug-likeness (QED) is 0.175. The highest BCUT2D eigenvalue weighted by atomic mass is 32.2. The molecule has 14 heterocycles. The Hall–Kier alpha value is -3.47. The van der Waals surface area contributed by atoms with Gasteiger partial charge in [-0.2, -0.15) is 4.31 Å². The van der Waals surface area contributed by atoms with Crippen molar-refractivity contribution < 1.29 is 55.4 Å². The normalized spacial score (nSPS) is 23.2. The fourth-order valence-corrected chi connectivity index (χ4v) is 20.9. The number of hydrogen-bond donors (Lipinski definition) is 5. The second-order valence-electron chi connectivity index (χ2n) is 56.1. The van der Waals surface area contributed by atoms with Crippen molar-refractivity contribution in [2.75, 3.05) is 281 Å². The van der Waals surface area contributed by atoms with E-state index in [0.717, 1.165) is 157 Å². The Morgan fingerprint density at radius 3 is 0.925 bits per heavy atom. The number of likely N-dealkylation sites (N-methyl/N-ethyl adjacent to an activating group) is 2. The fourth-order valence-electron chi connectivity index (χ4n) is 18.9. The first-order valence-corrected chi connectivity index (χ1v) is 59.6. The van der Waals surface area contributed by atoms with Crippen molar-refractivity contribution in [3.05, 3.63) is 0 Å². The topological polar surface area (TPSA) is 320 Å². The Morgan fingerprint density at radius 2 is 0.644 bits per heavy atom. The van der Waals surface area contributed by atoms with E-state index < -0.39 is 25.8 Å². The lowest BCUT2D eigenvalue weighted by Crippen LogP contribution is -2.69. The molecule has 0 aromatic carbocycles. The van der Waals surface area contributed by atoms with Gasteiger partial charge in [0.05, 0.1) is 69.1 Å². The number of ether oxygens (including phenoxy) is 2. The molecule has 0 radical (unpaired) electrons. The van der Waals surface area contributed by atoms with E-state index in [1.165, 1.54) is 110 Å². The van der Waals surface area contributed by atoms with Crippen molar-refractivity contribution >= 4 is 49.5 Å². The highest BCUT2D eigenvalue weighted by Crippen LogP contribution is 2.41. The summed E-state index contributed by atoms with van der Waals surface area (Å²) in [6.07, 6.45) is 10.4. The first-order valence-electron chi connectivity index (χ1n) is 55.9. The number of hydrogen-bond acceptors (Lipinski definition) is 26. The monoisotopic (exact) mass is 2110 g/mol. The van der Waals surface area contributed by atoms with E-state index in [-0.39, 0.29) is 80.2 Å². The Bertz CT molecular complexity index is 3800. The Morgan fingerprint density at radius 1 is 0.342 bits per heavy atom. The Labute approximate surface area is 896 Å². The van der Waals surface area contributed by atoms with E-state index in [0.29, 0.717) is 89.4 Å². The number of rotatable bonds is 4. The van der Waals surface area contributed by atoms with Crippen molar-refractivity contribution in [2.24, 2.45) is 34.6 Å². The van der Waals surface area contributed by atoms with Gasteiger partial charge in [-0.1, -0.05) is 6.42 Å². The van der Waals surface area contributed by atoms with Crippen LogP contribution in [0.15, 0.2) is 0 Å². The molecule has 146 heavy (non-hydrogen) atoms. The zero-order chi connectivity index (χ0) is 113. The molecule has 0 unspecified atom stereocenters. The number of aliphatic carboxylic acids is 1. The second-order valence-corrected chi connectivity index (χ2v) is 60.4. The third kappa shape index (κ3) is 54.8. The highest BCUT2D eigenvalue weighted by molar-refractivity contribution is 7.91. The minimum absolute atomic E-state index is 0.0919. The van der Waals surface area contributed by atoms with Gasteiger partial charge in [0, 0.05) is 247 Å². The lowest BCUT2D eigenvalue weighted by atomic mass is 9.75. The number of nitrogens with one attached hydrogen (secondary N) is 2. The molecule has 34 heteroatoms. The van der Waals surface area contributed by atoms with Gasteiger partial charge in [0.15, 0.2) is 9.84 Å². The van der Waals surface area contributed by atoms with E-state index in [1.54, 1.807) is 9.21 Å². The molecule has 14 rings (SSSR count). The number of nitrogens with zero attached hydrogens (tertiary/aromatic N) is 16. The summed E-state index contributed by atoms with van der Waals surface area (Å²) in [6.45, 7) is 124. The predicted octanol–water partition coefficient (Wildman–Crippen LogP) is 12.1. The third-order valence-corrected chi connectivity index (χ3v) is 33.5. The number of carbonyl (C=O) groups is 5. The van der Waals surface area contributed by atoms with E-state index in [1.807, 2.05) is 7.05 Å². The van der Waals surface area contributed by atoms with Gasteiger partial charge >= 0.3 is 5.97 Å². The Balaban J connectivity index is 0.000000535. The van der Waals surface area contributed by atoms with Crippen LogP contribution < -0.4 is 22.1 Å². The van der Waals surface area contributed by atoms with Crippen LogP contribution in [-0.4, -0.2) is 482 Å². The standard InChI is InChI=1S/C10H20N2O.C10H19NO2.C9H20N2O2S.C9H18N2O.C9H20N2.C9H17NO.C9H19N.2C8H16N2O.C8H18N2.C8H17NO2S.C8H17NO.C7H15N/c1-10(2,3)12-6-4-8(5-7-12)9(11)13;1-10(2,3)11-6-4-8(5-7-11)9(12)13;1-9(2,3)10-5-7-11(8-6-10)14(4,12)13;1-9(2,3)11-6-5-10(4)8(12)7-11;1-9(2,3)11-7-5-10(4)6-8-11;1-8(2,3)10-4-9(5-10)6-11-7-9;1-9(2,3)10-7-5-4-6-8-10;1-8(2,3)10-4-6(5-10)7(9)11;1-8(2,3)10-5-4-9-7(11)6-10;1-8(2,3)10-6-4-9-5-7-10;1-8(2,3)9-4-6-12(10,11)7-5-9;1-8(2,3)9-4-6-10-7-5-9;1-7(2,3)8-5-4-6-8/h8H,4-7H2,1-3H3,(H2,11,13);8H,4-7H2,1-3H3,(H,12,13);5-8H2,1-4H3;5-7H2,1-4H3;5-8H2,1-4H3;4-7H2,1-3H3;4-8H2,1-3H3;6H,4-5H2,1-3H3,(H2,9,11);4-6H2,1-3H3,(H,9,11);9H,4-7H2,1-3H3;4-7H2,1-3H3;4-7H2,1-3H3;4-6H2,1-3H3. The van der Waals surface area contributed by atoms with Crippen molar-refractivity contribution in [1.29, 1.82) is 0 Å². The highest BCUT2D eigenvalue weighted by Gasteiger charge is 2.52. The number of carboxylic acids is 1. The molecule has 7 N–H and O–H groups in total. The van der Waals surface area contributed by atoms with Gasteiger partial charge in [-0.25, -0.2) is 16.8 Å². The summed E-state index contributed by atoms with van der Waals surface area (Å²) in [7, 11) is -1.65. The average molecular weight is 2120 g/mol. The molecule has 0 saturated carbocycles. The number of piperazine rings is 5. The predicted molar refractivity (Wildman–Crippen MR) is 611 cm³/mol. The van der Waals surface area contributed by atoms with Gasteiger partial charge < -0.3 is 46.5 Å². The zero-order valence-electron chi connectivity index (χ0n) is 102. The summed E-state index contributed by atoms with van der Waals surface area (Å²) in [6, 6.07) is 0. The molecule has 1 spiro atoms. The van der Waals surface area contributed by atoms with E-state index >= 15 is 0 Å². The van der Waals surface area contributed by atoms with Gasteiger partial charge in [-0.15, -0.1) is 0 Å². The minimum Gasteiger partial charge on any atom is -0.481 e. The molecule has 14 aliphatic heterocycles. The number of morpholine rings is 1. The van der Waals surface area contributed by atoms with Gasteiger partial charge in [0.25, 0.3) is 0 Å². The largest absolute Gasteiger partial charge is 0.481 e. The maximum Gasteiger partial charge on any atom is 0.306 e. The number of likely N-dealkylation sites (tertiary alicyclic amines) is 6. The molecule has 14 fully saturated rings. The summed E-state index contributed by atoms with van der Waals surface area (Å²) in [5.41, 5.74) is 14.3.